The largest absolute Gasteiger partial charge is 0.373 e. The molecule has 1 fully saturated rings. The second kappa shape index (κ2) is 6.32. The second-order valence-corrected chi connectivity index (χ2v) is 6.67. The van der Waals surface area contributed by atoms with Gasteiger partial charge in [0.25, 0.3) is 0 Å². The number of hydrogen-bond donors (Lipinski definition) is 2. The van der Waals surface area contributed by atoms with Crippen molar-refractivity contribution in [2.24, 2.45) is 16.3 Å². The maximum atomic E-state index is 10.5. The summed E-state index contributed by atoms with van der Waals surface area (Å²) in [6, 6.07) is 2.02. The predicted molar refractivity (Wildman–Crippen MR) is 87.8 cm³/mol. The summed E-state index contributed by atoms with van der Waals surface area (Å²) in [5, 5.41) is 10.5. The average molecular weight is 291 g/mol. The van der Waals surface area contributed by atoms with Crippen LogP contribution in [0.4, 0.5) is 0 Å². The molecule has 4 nitrogen and oxygen atoms in total. The van der Waals surface area contributed by atoms with Crippen LogP contribution in [-0.2, 0) is 0 Å². The maximum Gasteiger partial charge on any atom is 0.148 e. The Morgan fingerprint density at radius 1 is 1.57 bits per heavy atom. The molecule has 0 bridgehead atoms. The van der Waals surface area contributed by atoms with Gasteiger partial charge in [-0.25, -0.2) is 0 Å². The lowest BCUT2D eigenvalue weighted by molar-refractivity contribution is 0.0124. The zero-order valence-electron chi connectivity index (χ0n) is 14.0. The molecule has 3 atom stereocenters. The van der Waals surface area contributed by atoms with Crippen LogP contribution in [0.5, 0.6) is 0 Å². The van der Waals surface area contributed by atoms with Crippen LogP contribution in [0.2, 0.25) is 0 Å². The highest BCUT2D eigenvalue weighted by molar-refractivity contribution is 5.79. The molecule has 1 aliphatic rings. The third kappa shape index (κ3) is 3.55. The Balaban J connectivity index is 1.99. The second-order valence-electron chi connectivity index (χ2n) is 6.67. The molecular weight excluding hydrogens is 262 g/mol. The highest BCUT2D eigenvalue weighted by Gasteiger charge is 2.48. The Morgan fingerprint density at radius 2 is 2.29 bits per heavy atom. The predicted octanol–water partition coefficient (Wildman–Crippen LogP) is 3.12. The molecule has 0 aliphatic heterocycles. The third-order valence-corrected chi connectivity index (χ3v) is 5.03. The molecule has 0 amide bonds. The molecule has 1 aromatic heterocycles. The van der Waals surface area contributed by atoms with E-state index in [1.165, 1.54) is 12.8 Å². The molecule has 3 unspecified atom stereocenters. The number of rotatable bonds is 7. The van der Waals surface area contributed by atoms with Crippen molar-refractivity contribution in [3.05, 3.63) is 23.0 Å². The van der Waals surface area contributed by atoms with Crippen molar-refractivity contribution in [2.75, 3.05) is 20.1 Å². The van der Waals surface area contributed by atoms with E-state index in [2.05, 4.69) is 23.8 Å². The van der Waals surface area contributed by atoms with Crippen LogP contribution in [0.1, 0.15) is 56.8 Å². The van der Waals surface area contributed by atoms with Gasteiger partial charge >= 0.3 is 0 Å². The Labute approximate surface area is 128 Å². The normalized spacial score (nSPS) is 26.7. The molecule has 2 rings (SSSR count). The Bertz CT molecular complexity index is 508. The van der Waals surface area contributed by atoms with Crippen molar-refractivity contribution in [1.29, 1.82) is 0 Å². The minimum atomic E-state index is -0.575. The SMILES string of the molecule is CCN=Cc1[nH]c(C(O)N(C)CC2CC2(C)CC)cc1C. The average Bonchev–Trinajstić information content (AvgIpc) is 2.95. The van der Waals surface area contributed by atoms with Gasteiger partial charge in [0.15, 0.2) is 0 Å². The molecule has 1 saturated carbocycles. The van der Waals surface area contributed by atoms with Crippen LogP contribution in [0.3, 0.4) is 0 Å². The number of aliphatic hydroxyl groups excluding tert-OH is 1. The van der Waals surface area contributed by atoms with Gasteiger partial charge in [-0.05, 0) is 50.3 Å². The van der Waals surface area contributed by atoms with Crippen LogP contribution in [-0.4, -0.2) is 41.3 Å². The molecule has 0 aromatic carbocycles. The van der Waals surface area contributed by atoms with Crippen LogP contribution in [0.15, 0.2) is 11.1 Å². The molecule has 0 saturated heterocycles. The number of hydrogen-bond acceptors (Lipinski definition) is 3. The lowest BCUT2D eigenvalue weighted by atomic mass is 10.0. The van der Waals surface area contributed by atoms with E-state index in [-0.39, 0.29) is 0 Å². The molecule has 0 radical (unpaired) electrons. The van der Waals surface area contributed by atoms with Crippen molar-refractivity contribution in [3.63, 3.8) is 0 Å². The van der Waals surface area contributed by atoms with Gasteiger partial charge in [-0.15, -0.1) is 0 Å². The summed E-state index contributed by atoms with van der Waals surface area (Å²) in [5.41, 5.74) is 3.45. The number of H-pyrrole nitrogens is 1. The van der Waals surface area contributed by atoms with Gasteiger partial charge < -0.3 is 10.1 Å². The zero-order valence-corrected chi connectivity index (χ0v) is 14.0. The summed E-state index contributed by atoms with van der Waals surface area (Å²) in [4.78, 5) is 9.58. The maximum absolute atomic E-state index is 10.5. The number of nitrogens with one attached hydrogen (secondary N) is 1. The number of aliphatic hydroxyl groups is 1. The van der Waals surface area contributed by atoms with Gasteiger partial charge in [0.1, 0.15) is 6.23 Å². The van der Waals surface area contributed by atoms with Crippen molar-refractivity contribution in [3.8, 4) is 0 Å². The van der Waals surface area contributed by atoms with E-state index in [1.807, 2.05) is 38.1 Å². The summed E-state index contributed by atoms with van der Waals surface area (Å²) in [6.07, 6.45) is 3.77. The number of aliphatic imine (C=N–C) groups is 1. The van der Waals surface area contributed by atoms with Gasteiger partial charge in [-0.2, -0.15) is 0 Å². The lowest BCUT2D eigenvalue weighted by Gasteiger charge is -2.23. The van der Waals surface area contributed by atoms with E-state index in [9.17, 15) is 5.11 Å². The number of nitrogens with zero attached hydrogens (tertiary/aromatic N) is 2. The summed E-state index contributed by atoms with van der Waals surface area (Å²) < 4.78 is 0. The molecule has 1 aliphatic carbocycles. The highest BCUT2D eigenvalue weighted by Crippen LogP contribution is 2.55. The Morgan fingerprint density at radius 3 is 2.86 bits per heavy atom. The van der Waals surface area contributed by atoms with Gasteiger partial charge in [0.2, 0.25) is 0 Å². The minimum absolute atomic E-state index is 0.485. The summed E-state index contributed by atoms with van der Waals surface area (Å²) in [7, 11) is 2.00. The van der Waals surface area contributed by atoms with E-state index in [0.29, 0.717) is 11.3 Å². The van der Waals surface area contributed by atoms with Crippen molar-refractivity contribution >= 4 is 6.21 Å². The van der Waals surface area contributed by atoms with Crippen molar-refractivity contribution in [1.82, 2.24) is 9.88 Å². The van der Waals surface area contributed by atoms with Gasteiger partial charge in [-0.1, -0.05) is 20.3 Å². The first kappa shape index (κ1) is 16.2. The smallest absolute Gasteiger partial charge is 0.148 e. The van der Waals surface area contributed by atoms with Crippen molar-refractivity contribution < 1.29 is 5.11 Å². The standard InChI is InChI=1S/C17H29N3O/c1-6-17(4)9-13(17)11-20(5)16(21)14-8-12(3)15(19-14)10-18-7-2/h8,10,13,16,19,21H,6-7,9,11H2,1-5H3. The topological polar surface area (TPSA) is 51.6 Å². The minimum Gasteiger partial charge on any atom is -0.373 e. The number of aromatic nitrogens is 1. The van der Waals surface area contributed by atoms with E-state index in [4.69, 9.17) is 0 Å². The van der Waals surface area contributed by atoms with Gasteiger partial charge in [0, 0.05) is 19.3 Å². The van der Waals surface area contributed by atoms with E-state index in [0.717, 1.165) is 30.0 Å². The Hall–Kier alpha value is -1.13. The first-order valence-electron chi connectivity index (χ1n) is 7.99. The van der Waals surface area contributed by atoms with E-state index in [1.54, 1.807) is 0 Å². The van der Waals surface area contributed by atoms with E-state index >= 15 is 0 Å². The molecule has 4 heteroatoms. The molecule has 2 N–H and O–H groups in total. The monoisotopic (exact) mass is 291 g/mol. The number of aryl methyl sites for hydroxylation is 1. The third-order valence-electron chi connectivity index (χ3n) is 5.03. The highest BCUT2D eigenvalue weighted by atomic mass is 16.3. The fourth-order valence-corrected chi connectivity index (χ4v) is 2.96. The molecule has 118 valence electrons. The molecule has 1 heterocycles. The summed E-state index contributed by atoms with van der Waals surface area (Å²) >= 11 is 0. The lowest BCUT2D eigenvalue weighted by Crippen LogP contribution is -2.28. The molecule has 1 aromatic rings. The fraction of sp³-hybridized carbons (Fsp3) is 0.706. The van der Waals surface area contributed by atoms with Crippen LogP contribution >= 0.6 is 0 Å². The quantitative estimate of drug-likeness (QED) is 0.599. The van der Waals surface area contributed by atoms with Gasteiger partial charge in [-0.3, -0.25) is 9.89 Å². The first-order valence-corrected chi connectivity index (χ1v) is 7.99. The van der Waals surface area contributed by atoms with Crippen molar-refractivity contribution in [2.45, 2.75) is 46.8 Å². The summed E-state index contributed by atoms with van der Waals surface area (Å²) in [6.45, 7) is 10.4. The van der Waals surface area contributed by atoms with Crippen LogP contribution in [0.25, 0.3) is 0 Å². The van der Waals surface area contributed by atoms with E-state index < -0.39 is 6.23 Å². The number of aromatic amines is 1. The molecule has 21 heavy (non-hydrogen) atoms. The van der Waals surface area contributed by atoms with Crippen LogP contribution < -0.4 is 0 Å². The van der Waals surface area contributed by atoms with Gasteiger partial charge in [0.05, 0.1) is 11.4 Å². The summed E-state index contributed by atoms with van der Waals surface area (Å²) in [5.74, 6) is 0.708. The van der Waals surface area contributed by atoms with Crippen LogP contribution in [0, 0.1) is 18.3 Å². The first-order chi connectivity index (χ1) is 9.91. The zero-order chi connectivity index (χ0) is 15.6. The molecular formula is C17H29N3O. The Kier molecular flexibility index (Phi) is 4.89. The molecule has 0 spiro atoms. The fourth-order valence-electron chi connectivity index (χ4n) is 2.96.